The zero-order valence-corrected chi connectivity index (χ0v) is 7.38. The minimum Gasteiger partial charge on any atom is -0.312 e. The Bertz CT molecular complexity index is 317. The van der Waals surface area contributed by atoms with Gasteiger partial charge < -0.3 is 10.4 Å². The molecule has 0 amide bonds. The van der Waals surface area contributed by atoms with E-state index in [9.17, 15) is 4.79 Å². The van der Waals surface area contributed by atoms with Gasteiger partial charge in [0.15, 0.2) is 5.82 Å². The lowest BCUT2D eigenvalue weighted by Gasteiger charge is -2.13. The maximum absolute atomic E-state index is 10.8. The molecule has 0 fully saturated rings. The normalized spacial score (nSPS) is 10.3. The second-order valence-corrected chi connectivity index (χ2v) is 2.74. The van der Waals surface area contributed by atoms with Crippen LogP contribution in [0.25, 0.3) is 0 Å². The molecule has 66 valence electrons. The maximum Gasteiger partial charge on any atom is 0.346 e. The molecule has 2 N–H and O–H groups in total. The summed E-state index contributed by atoms with van der Waals surface area (Å²) in [5, 5.41) is 1.73. The molecule has 1 heterocycles. The van der Waals surface area contributed by atoms with Crippen molar-refractivity contribution in [3.05, 3.63) is 22.2 Å². The summed E-state index contributed by atoms with van der Waals surface area (Å²) < 4.78 is 0. The highest BCUT2D eigenvalue weighted by atomic mass is 16.1. The molecule has 1 aromatic rings. The molecule has 0 aliphatic heterocycles. The van der Waals surface area contributed by atoms with Crippen molar-refractivity contribution in [1.29, 1.82) is 0 Å². The van der Waals surface area contributed by atoms with Gasteiger partial charge in [0, 0.05) is 25.9 Å². The Morgan fingerprint density at radius 1 is 1.58 bits per heavy atom. The van der Waals surface area contributed by atoms with E-state index in [0.29, 0.717) is 5.82 Å². The molecule has 0 unspecified atom stereocenters. The maximum atomic E-state index is 10.8. The molecule has 0 bridgehead atoms. The Kier molecular flexibility index (Phi) is 2.44. The largest absolute Gasteiger partial charge is 0.346 e. The first kappa shape index (κ1) is 8.73. The second kappa shape index (κ2) is 3.36. The number of hydrogen-bond acceptors (Lipinski definition) is 4. The van der Waals surface area contributed by atoms with Crippen LogP contribution in [0.3, 0.4) is 0 Å². The van der Waals surface area contributed by atoms with Gasteiger partial charge in [-0.15, -0.1) is 0 Å². The molecule has 1 aromatic heterocycles. The van der Waals surface area contributed by atoms with Gasteiger partial charge in [0.1, 0.15) is 0 Å². The first-order valence-corrected chi connectivity index (χ1v) is 3.60. The summed E-state index contributed by atoms with van der Waals surface area (Å²) in [6.45, 7) is 1.87. The van der Waals surface area contributed by atoms with Crippen LogP contribution in [0.15, 0.2) is 11.0 Å². The fourth-order valence-corrected chi connectivity index (χ4v) is 0.785. The minimum absolute atomic E-state index is 0.343. The number of hydrogen-bond donors (Lipinski definition) is 2. The first-order chi connectivity index (χ1) is 5.59. The quantitative estimate of drug-likeness (QED) is 0.609. The highest BCUT2D eigenvalue weighted by Gasteiger charge is 1.99. The average molecular weight is 168 g/mol. The van der Waals surface area contributed by atoms with Crippen LogP contribution in [-0.4, -0.2) is 29.1 Å². The van der Waals surface area contributed by atoms with Crippen LogP contribution < -0.4 is 11.1 Å². The van der Waals surface area contributed by atoms with Gasteiger partial charge in [0.05, 0.1) is 0 Å². The molecule has 0 aliphatic carbocycles. The lowest BCUT2D eigenvalue weighted by molar-refractivity contribution is 0.491. The van der Waals surface area contributed by atoms with Crippen molar-refractivity contribution in [3.63, 3.8) is 0 Å². The van der Waals surface area contributed by atoms with Crippen LogP contribution >= 0.6 is 0 Å². The number of nitrogens with zero attached hydrogens (tertiary/aromatic N) is 2. The number of nitrogens with one attached hydrogen (secondary N) is 2. The predicted octanol–water partition coefficient (Wildman–Crippen LogP) is -0.0332. The number of H-pyrrole nitrogens is 1. The summed E-state index contributed by atoms with van der Waals surface area (Å²) in [5.74, 6) is 0.587. The van der Waals surface area contributed by atoms with E-state index in [4.69, 9.17) is 0 Å². The Morgan fingerprint density at radius 3 is 2.83 bits per heavy atom. The molecular formula is C7H12N4O. The fourth-order valence-electron chi connectivity index (χ4n) is 0.785. The highest BCUT2D eigenvalue weighted by Crippen LogP contribution is 2.05. The molecule has 1 rings (SSSR count). The molecule has 0 saturated heterocycles. The van der Waals surface area contributed by atoms with E-state index in [0.717, 1.165) is 5.56 Å². The standard InChI is InChI=1S/C7H12N4O/c1-5-4-8-7(12)9-6(5)10-11(2)3/h4H,1-3H3,(H2,8,9,10,12). The summed E-state index contributed by atoms with van der Waals surface area (Å²) in [4.78, 5) is 17.0. The van der Waals surface area contributed by atoms with E-state index >= 15 is 0 Å². The SMILES string of the molecule is Cc1c[nH]c(=O)nc1NN(C)C. The Hall–Kier alpha value is -1.36. The number of aromatic nitrogens is 2. The Labute approximate surface area is 70.4 Å². The number of rotatable bonds is 2. The number of hydrazine groups is 1. The topological polar surface area (TPSA) is 61.0 Å². The zero-order valence-electron chi connectivity index (χ0n) is 7.38. The third kappa shape index (κ3) is 2.06. The molecule has 0 radical (unpaired) electrons. The number of anilines is 1. The van der Waals surface area contributed by atoms with E-state index < -0.39 is 0 Å². The van der Waals surface area contributed by atoms with Crippen LogP contribution in [0.1, 0.15) is 5.56 Å². The Balaban J connectivity index is 2.97. The van der Waals surface area contributed by atoms with Crippen LogP contribution in [0.4, 0.5) is 5.82 Å². The van der Waals surface area contributed by atoms with E-state index in [2.05, 4.69) is 15.4 Å². The van der Waals surface area contributed by atoms with Crippen molar-refractivity contribution in [2.24, 2.45) is 0 Å². The van der Waals surface area contributed by atoms with E-state index in [1.54, 1.807) is 11.2 Å². The van der Waals surface area contributed by atoms with Gasteiger partial charge >= 0.3 is 5.69 Å². The van der Waals surface area contributed by atoms with Gasteiger partial charge in [0.2, 0.25) is 0 Å². The molecular weight excluding hydrogens is 156 g/mol. The molecule has 5 nitrogen and oxygen atoms in total. The van der Waals surface area contributed by atoms with Crippen molar-refractivity contribution in [2.75, 3.05) is 19.5 Å². The van der Waals surface area contributed by atoms with Crippen LogP contribution in [0.5, 0.6) is 0 Å². The van der Waals surface area contributed by atoms with Crippen molar-refractivity contribution in [2.45, 2.75) is 6.92 Å². The number of aryl methyl sites for hydroxylation is 1. The molecule has 0 atom stereocenters. The molecule has 0 spiro atoms. The minimum atomic E-state index is -0.343. The van der Waals surface area contributed by atoms with Gasteiger partial charge in [-0.25, -0.2) is 9.80 Å². The van der Waals surface area contributed by atoms with Crippen LogP contribution in [-0.2, 0) is 0 Å². The van der Waals surface area contributed by atoms with Crippen molar-refractivity contribution < 1.29 is 0 Å². The van der Waals surface area contributed by atoms with Crippen molar-refractivity contribution in [1.82, 2.24) is 15.0 Å². The van der Waals surface area contributed by atoms with Gasteiger partial charge in [-0.2, -0.15) is 4.98 Å². The van der Waals surface area contributed by atoms with Crippen LogP contribution in [0, 0.1) is 6.92 Å². The van der Waals surface area contributed by atoms with Gasteiger partial charge in [-0.3, -0.25) is 0 Å². The van der Waals surface area contributed by atoms with Crippen LogP contribution in [0.2, 0.25) is 0 Å². The summed E-state index contributed by atoms with van der Waals surface area (Å²) in [5.41, 5.74) is 3.48. The van der Waals surface area contributed by atoms with E-state index in [1.165, 1.54) is 0 Å². The van der Waals surface area contributed by atoms with E-state index in [-0.39, 0.29) is 5.69 Å². The summed E-state index contributed by atoms with van der Waals surface area (Å²) in [6, 6.07) is 0. The second-order valence-electron chi connectivity index (χ2n) is 2.74. The smallest absolute Gasteiger partial charge is 0.312 e. The van der Waals surface area contributed by atoms with Gasteiger partial charge in [-0.05, 0) is 6.92 Å². The monoisotopic (exact) mass is 168 g/mol. The lowest BCUT2D eigenvalue weighted by Crippen LogP contribution is -2.24. The fraction of sp³-hybridized carbons (Fsp3) is 0.429. The Morgan fingerprint density at radius 2 is 2.25 bits per heavy atom. The third-order valence-corrected chi connectivity index (χ3v) is 1.33. The van der Waals surface area contributed by atoms with Crippen molar-refractivity contribution in [3.8, 4) is 0 Å². The molecule has 0 saturated carbocycles. The molecule has 0 aromatic carbocycles. The lowest BCUT2D eigenvalue weighted by atomic mass is 10.3. The van der Waals surface area contributed by atoms with E-state index in [1.807, 2.05) is 21.0 Å². The van der Waals surface area contributed by atoms with Crippen molar-refractivity contribution >= 4 is 5.82 Å². The van der Waals surface area contributed by atoms with Gasteiger partial charge in [0.25, 0.3) is 0 Å². The summed E-state index contributed by atoms with van der Waals surface area (Å²) in [7, 11) is 3.67. The zero-order chi connectivity index (χ0) is 9.14. The summed E-state index contributed by atoms with van der Waals surface area (Å²) in [6.07, 6.45) is 1.63. The molecule has 0 aliphatic rings. The molecule has 5 heteroatoms. The first-order valence-electron chi connectivity index (χ1n) is 3.60. The third-order valence-electron chi connectivity index (χ3n) is 1.33. The summed E-state index contributed by atoms with van der Waals surface area (Å²) >= 11 is 0. The number of aromatic amines is 1. The average Bonchev–Trinajstić information content (AvgIpc) is 1.96. The van der Waals surface area contributed by atoms with Gasteiger partial charge in [-0.1, -0.05) is 0 Å². The highest BCUT2D eigenvalue weighted by molar-refractivity contribution is 5.39. The molecule has 12 heavy (non-hydrogen) atoms. The predicted molar refractivity (Wildman–Crippen MR) is 46.9 cm³/mol.